The van der Waals surface area contributed by atoms with Crippen LogP contribution in [0.3, 0.4) is 0 Å². The number of amides is 1. The van der Waals surface area contributed by atoms with Crippen LogP contribution in [-0.4, -0.2) is 39.0 Å². The van der Waals surface area contributed by atoms with Gasteiger partial charge in [0.2, 0.25) is 5.91 Å². The predicted octanol–water partition coefficient (Wildman–Crippen LogP) is 4.56. The topological polar surface area (TPSA) is 61.7 Å². The Bertz CT molecular complexity index is 876. The summed E-state index contributed by atoms with van der Waals surface area (Å²) in [7, 11) is 0. The van der Waals surface area contributed by atoms with Gasteiger partial charge in [-0.05, 0) is 80.1 Å². The molecule has 31 heavy (non-hydrogen) atoms. The van der Waals surface area contributed by atoms with Gasteiger partial charge >= 0.3 is 0 Å². The molecule has 3 fully saturated rings. The first-order chi connectivity index (χ1) is 15.0. The molecule has 7 atom stereocenters. The molecule has 3 saturated carbocycles. The van der Waals surface area contributed by atoms with E-state index >= 15 is 0 Å². The number of nitrogens with zero attached hydrogens (tertiary/aromatic N) is 1. The highest BCUT2D eigenvalue weighted by atomic mass is 35.5. The Labute approximate surface area is 193 Å². The molecule has 1 aromatic rings. The van der Waals surface area contributed by atoms with Crippen LogP contribution in [0.5, 0.6) is 0 Å². The van der Waals surface area contributed by atoms with Crippen LogP contribution >= 0.6 is 23.4 Å². The molecule has 166 valence electrons. The van der Waals surface area contributed by atoms with Gasteiger partial charge in [0.15, 0.2) is 0 Å². The molecule has 0 radical (unpaired) electrons. The molecule has 1 amide bonds. The van der Waals surface area contributed by atoms with Gasteiger partial charge in [0.25, 0.3) is 0 Å². The summed E-state index contributed by atoms with van der Waals surface area (Å²) in [5.41, 5.74) is 0.805. The van der Waals surface area contributed by atoms with Gasteiger partial charge in [0.1, 0.15) is 10.5 Å². The summed E-state index contributed by atoms with van der Waals surface area (Å²) >= 11 is 7.89. The zero-order valence-corrected chi connectivity index (χ0v) is 19.3. The maximum Gasteiger partial charge on any atom is 0.230 e. The normalized spacial score (nSPS) is 38.6. The van der Waals surface area contributed by atoms with E-state index in [2.05, 4.69) is 34.6 Å². The van der Waals surface area contributed by atoms with Crippen LogP contribution < -0.4 is 5.32 Å². The lowest BCUT2D eigenvalue weighted by atomic mass is 9.75. The first-order valence-electron chi connectivity index (χ1n) is 11.6. The number of aryl methyl sites for hydroxylation is 1. The number of rotatable bonds is 6. The van der Waals surface area contributed by atoms with Gasteiger partial charge < -0.3 is 10.4 Å². The molecule has 1 aromatic carbocycles. The number of thioether (sulfide) groups is 1. The van der Waals surface area contributed by atoms with Gasteiger partial charge in [-0.25, -0.2) is 0 Å². The molecule has 1 heterocycles. The summed E-state index contributed by atoms with van der Waals surface area (Å²) in [5.74, 6) is 2.31. The maximum atomic E-state index is 13.3. The number of nitrogens with one attached hydrogen (secondary N) is 1. The minimum Gasteiger partial charge on any atom is -0.390 e. The van der Waals surface area contributed by atoms with Crippen LogP contribution in [0, 0.1) is 23.7 Å². The number of allylic oxidation sites excluding steroid dienone is 1. The average Bonchev–Trinajstić information content (AvgIpc) is 2.91. The summed E-state index contributed by atoms with van der Waals surface area (Å²) in [4.78, 5) is 17.9. The quantitative estimate of drug-likeness (QED) is 0.657. The standard InChI is InChI=1S/C25H31ClN2O2S/c26-22-9-7-20(24(28-22)31-11-10-16-4-2-1-3-5-16)23(29)27-21-8-6-17-13-25(30)14-18(17)12-19(21)15-25/h1-5,7,9,17-21,24,30H,6,8,10-15H2,(H,27,29)/t17?,18?,19?,20?,21-,24?,25-/m1/s1. The second kappa shape index (κ2) is 8.92. The van der Waals surface area contributed by atoms with Crippen molar-refractivity contribution in [2.75, 3.05) is 5.75 Å². The van der Waals surface area contributed by atoms with E-state index in [0.29, 0.717) is 22.9 Å². The Kier molecular flexibility index (Phi) is 6.19. The van der Waals surface area contributed by atoms with Gasteiger partial charge in [-0.1, -0.05) is 48.0 Å². The van der Waals surface area contributed by atoms with E-state index in [4.69, 9.17) is 11.6 Å². The van der Waals surface area contributed by atoms with E-state index in [1.807, 2.05) is 12.1 Å². The minimum absolute atomic E-state index is 0.0519. The highest BCUT2D eigenvalue weighted by molar-refractivity contribution is 7.99. The van der Waals surface area contributed by atoms with Crippen molar-refractivity contribution >= 4 is 34.4 Å². The molecular formula is C25H31ClN2O2S. The summed E-state index contributed by atoms with van der Waals surface area (Å²) in [5, 5.41) is 14.6. The first-order valence-corrected chi connectivity index (χ1v) is 13.0. The molecule has 0 spiro atoms. The number of halogens is 1. The lowest BCUT2D eigenvalue weighted by Gasteiger charge is -2.38. The molecule has 3 bridgehead atoms. The van der Waals surface area contributed by atoms with E-state index in [0.717, 1.165) is 50.7 Å². The summed E-state index contributed by atoms with van der Waals surface area (Å²) < 4.78 is 0. The van der Waals surface area contributed by atoms with Crippen LogP contribution in [0.2, 0.25) is 0 Å². The lowest BCUT2D eigenvalue weighted by molar-refractivity contribution is -0.125. The van der Waals surface area contributed by atoms with Crippen molar-refractivity contribution < 1.29 is 9.90 Å². The van der Waals surface area contributed by atoms with Crippen LogP contribution in [0.1, 0.15) is 44.1 Å². The number of hydrogen-bond donors (Lipinski definition) is 2. The second-order valence-electron chi connectivity index (χ2n) is 9.88. The Morgan fingerprint density at radius 2 is 1.94 bits per heavy atom. The van der Waals surface area contributed by atoms with Crippen molar-refractivity contribution in [2.24, 2.45) is 28.7 Å². The molecule has 6 heteroatoms. The van der Waals surface area contributed by atoms with Crippen LogP contribution in [0.4, 0.5) is 0 Å². The lowest BCUT2D eigenvalue weighted by Crippen LogP contribution is -2.48. The molecule has 3 aliphatic carbocycles. The number of benzene rings is 1. The third kappa shape index (κ3) is 4.74. The van der Waals surface area contributed by atoms with Gasteiger partial charge in [0.05, 0.1) is 11.5 Å². The summed E-state index contributed by atoms with van der Waals surface area (Å²) in [6.45, 7) is 0. The maximum absolute atomic E-state index is 13.3. The zero-order chi connectivity index (χ0) is 21.4. The first kappa shape index (κ1) is 21.5. The smallest absolute Gasteiger partial charge is 0.230 e. The van der Waals surface area contributed by atoms with Crippen LogP contribution in [-0.2, 0) is 11.2 Å². The van der Waals surface area contributed by atoms with E-state index in [-0.39, 0.29) is 23.2 Å². The highest BCUT2D eigenvalue weighted by Crippen LogP contribution is 2.55. The number of aliphatic imine (C=N–C) groups is 1. The van der Waals surface area contributed by atoms with Gasteiger partial charge in [-0.2, -0.15) is 0 Å². The fraction of sp³-hybridized carbons (Fsp3) is 0.600. The Morgan fingerprint density at radius 3 is 2.77 bits per heavy atom. The summed E-state index contributed by atoms with van der Waals surface area (Å²) in [6.07, 6.45) is 10.7. The Balaban J connectivity index is 1.22. The fourth-order valence-electron chi connectivity index (χ4n) is 6.36. The molecule has 4 nitrogen and oxygen atoms in total. The molecule has 2 N–H and O–H groups in total. The van der Waals surface area contributed by atoms with Crippen molar-refractivity contribution in [3.8, 4) is 0 Å². The number of hydrogen-bond acceptors (Lipinski definition) is 4. The van der Waals surface area contributed by atoms with Crippen molar-refractivity contribution in [3.05, 3.63) is 48.0 Å². The molecule has 1 aliphatic heterocycles. The number of fused-ring (bicyclic) bond motifs is 2. The van der Waals surface area contributed by atoms with E-state index in [1.54, 1.807) is 17.8 Å². The molecule has 5 rings (SSSR count). The molecule has 5 unspecified atom stereocenters. The third-order valence-corrected chi connectivity index (χ3v) is 9.17. The van der Waals surface area contributed by atoms with Crippen molar-refractivity contribution in [1.29, 1.82) is 0 Å². The van der Waals surface area contributed by atoms with E-state index in [9.17, 15) is 9.90 Å². The van der Waals surface area contributed by atoms with Gasteiger partial charge in [0, 0.05) is 6.04 Å². The van der Waals surface area contributed by atoms with E-state index < -0.39 is 5.60 Å². The zero-order valence-electron chi connectivity index (χ0n) is 17.8. The van der Waals surface area contributed by atoms with Gasteiger partial charge in [-0.15, -0.1) is 11.8 Å². The molecule has 4 aliphatic rings. The van der Waals surface area contributed by atoms with Crippen molar-refractivity contribution in [2.45, 2.75) is 62.0 Å². The van der Waals surface area contributed by atoms with Crippen molar-refractivity contribution in [1.82, 2.24) is 5.32 Å². The average molecular weight is 459 g/mol. The number of aliphatic hydroxyl groups is 1. The number of carbonyl (C=O) groups excluding carboxylic acids is 1. The largest absolute Gasteiger partial charge is 0.390 e. The monoisotopic (exact) mass is 458 g/mol. The van der Waals surface area contributed by atoms with Crippen LogP contribution in [0.15, 0.2) is 47.5 Å². The highest BCUT2D eigenvalue weighted by Gasteiger charge is 2.53. The van der Waals surface area contributed by atoms with Crippen molar-refractivity contribution in [3.63, 3.8) is 0 Å². The number of dihydropyridines is 1. The minimum atomic E-state index is -0.486. The van der Waals surface area contributed by atoms with E-state index in [1.165, 1.54) is 5.56 Å². The fourth-order valence-corrected chi connectivity index (χ4v) is 7.80. The Hall–Kier alpha value is -1.30. The molecular weight excluding hydrogens is 428 g/mol. The number of carbonyl (C=O) groups is 1. The molecule has 0 aromatic heterocycles. The molecule has 0 saturated heterocycles. The Morgan fingerprint density at radius 1 is 1.16 bits per heavy atom. The van der Waals surface area contributed by atoms with Crippen LogP contribution in [0.25, 0.3) is 0 Å². The predicted molar refractivity (Wildman–Crippen MR) is 127 cm³/mol. The second-order valence-corrected chi connectivity index (χ2v) is 11.5. The third-order valence-electron chi connectivity index (χ3n) is 7.77. The van der Waals surface area contributed by atoms with Gasteiger partial charge in [-0.3, -0.25) is 9.79 Å². The SMILES string of the molecule is O=C(N[C@@H]1CCC2C[C@@]3(O)CC2CC1C3)C1C=CC(Cl)=NC1SCCc1ccccc1. The summed E-state index contributed by atoms with van der Waals surface area (Å²) in [6, 6.07) is 10.6.